The van der Waals surface area contributed by atoms with Crippen LogP contribution in [0.4, 0.5) is 0 Å². The zero-order chi connectivity index (χ0) is 27.4. The zero-order valence-corrected chi connectivity index (χ0v) is 24.2. The minimum absolute atomic E-state index is 0.0111. The maximum Gasteiger partial charge on any atom is 0.217 e. The maximum atomic E-state index is 14.5. The molecule has 202 valence electrons. The van der Waals surface area contributed by atoms with Crippen LogP contribution in [-0.4, -0.2) is 23.0 Å². The molecule has 0 spiro atoms. The molecule has 5 aliphatic rings. The van der Waals surface area contributed by atoms with E-state index in [0.29, 0.717) is 12.2 Å². The second-order valence-electron chi connectivity index (χ2n) is 15.5. The Balaban J connectivity index is 1.63. The Labute approximate surface area is 223 Å². The normalized spacial score (nSPS) is 47.8. The summed E-state index contributed by atoms with van der Waals surface area (Å²) in [6, 6.07) is 2.21. The number of hydrogen-bond donors (Lipinski definition) is 1. The monoisotopic (exact) mass is 506 g/mol. The number of rotatable bonds is 1. The molecular weight excluding hydrogens is 460 g/mol. The van der Waals surface area contributed by atoms with Gasteiger partial charge in [-0.3, -0.25) is 14.4 Å². The quantitative estimate of drug-likeness (QED) is 0.460. The molecule has 0 radical (unpaired) electrons. The predicted octanol–water partition coefficient (Wildman–Crippen LogP) is 6.17. The van der Waals surface area contributed by atoms with Crippen LogP contribution in [0, 0.1) is 62.1 Å². The molecule has 0 aromatic carbocycles. The highest BCUT2D eigenvalue weighted by Gasteiger charge is 2.72. The summed E-state index contributed by atoms with van der Waals surface area (Å²) >= 11 is 0. The Hall–Kier alpha value is -1.96. The summed E-state index contributed by atoms with van der Waals surface area (Å²) < 4.78 is 0. The number of nitriles is 1. The van der Waals surface area contributed by atoms with Crippen LogP contribution in [0.2, 0.25) is 0 Å². The summed E-state index contributed by atoms with van der Waals surface area (Å²) in [5.41, 5.74) is -1.14. The van der Waals surface area contributed by atoms with Crippen LogP contribution in [0.1, 0.15) is 107 Å². The number of fused-ring (bicyclic) bond motifs is 7. The summed E-state index contributed by atoms with van der Waals surface area (Å²) in [5.74, 6) is 0.576. The summed E-state index contributed by atoms with van der Waals surface area (Å²) in [6.45, 7) is 17.3. The van der Waals surface area contributed by atoms with E-state index in [2.05, 4.69) is 46.0 Å². The van der Waals surface area contributed by atoms with Crippen molar-refractivity contribution in [3.05, 3.63) is 11.6 Å². The van der Waals surface area contributed by atoms with Crippen LogP contribution in [-0.2, 0) is 14.4 Å². The average Bonchev–Trinajstić information content (AvgIpc) is 2.78. The molecule has 0 heterocycles. The lowest BCUT2D eigenvalue weighted by Gasteiger charge is -2.72. The van der Waals surface area contributed by atoms with E-state index in [1.807, 2.05) is 19.9 Å². The fourth-order valence-electron chi connectivity index (χ4n) is 10.9. The lowest BCUT2D eigenvalue weighted by Crippen LogP contribution is -2.72. The van der Waals surface area contributed by atoms with E-state index < -0.39 is 5.41 Å². The van der Waals surface area contributed by atoms with Gasteiger partial charge >= 0.3 is 0 Å². The van der Waals surface area contributed by atoms with Gasteiger partial charge in [-0.15, -0.1) is 0 Å². The van der Waals surface area contributed by atoms with E-state index in [-0.39, 0.29) is 68.1 Å². The molecule has 0 aliphatic heterocycles. The molecule has 37 heavy (non-hydrogen) atoms. The van der Waals surface area contributed by atoms with Gasteiger partial charge in [-0.1, -0.05) is 54.5 Å². The first-order valence-electron chi connectivity index (χ1n) is 14.5. The summed E-state index contributed by atoms with van der Waals surface area (Å²) in [7, 11) is 0. The Kier molecular flexibility index (Phi) is 5.61. The van der Waals surface area contributed by atoms with Gasteiger partial charge in [0.2, 0.25) is 5.91 Å². The molecule has 4 saturated carbocycles. The van der Waals surface area contributed by atoms with E-state index >= 15 is 0 Å². The van der Waals surface area contributed by atoms with Crippen molar-refractivity contribution < 1.29 is 14.4 Å². The number of nitrogens with zero attached hydrogens (tertiary/aromatic N) is 1. The Morgan fingerprint density at radius 2 is 1.59 bits per heavy atom. The largest absolute Gasteiger partial charge is 0.351 e. The molecule has 5 aliphatic carbocycles. The first kappa shape index (κ1) is 26.6. The van der Waals surface area contributed by atoms with Gasteiger partial charge in [-0.2, -0.15) is 5.26 Å². The summed E-state index contributed by atoms with van der Waals surface area (Å²) in [4.78, 5) is 40.1. The van der Waals surface area contributed by atoms with Crippen LogP contribution >= 0.6 is 0 Å². The molecular formula is C32H46N2O3. The fourth-order valence-corrected chi connectivity index (χ4v) is 10.9. The number of hydrogen-bond acceptors (Lipinski definition) is 4. The lowest BCUT2D eigenvalue weighted by atomic mass is 9.32. The Morgan fingerprint density at radius 3 is 2.22 bits per heavy atom. The van der Waals surface area contributed by atoms with Crippen LogP contribution < -0.4 is 5.32 Å². The standard InChI is InChI=1S/C32H46N2O3/c1-19(35)34-32-13-11-27(2,3)17-21(32)25-22(36)15-24-29(6)16-20(18-33)26(37)28(4,5)23(29)9-10-30(24,7)31(25,8)12-14-32/h16,21,23-25H,9-15,17H2,1-8H3,(H,34,35). The number of nitrogens with one attached hydrogen (secondary N) is 1. The molecule has 1 amide bonds. The van der Waals surface area contributed by atoms with Crippen molar-refractivity contribution in [2.45, 2.75) is 112 Å². The second-order valence-corrected chi connectivity index (χ2v) is 15.5. The van der Waals surface area contributed by atoms with Crippen molar-refractivity contribution in [3.8, 4) is 6.07 Å². The van der Waals surface area contributed by atoms with Crippen molar-refractivity contribution in [1.29, 1.82) is 5.26 Å². The van der Waals surface area contributed by atoms with Crippen molar-refractivity contribution in [1.82, 2.24) is 5.32 Å². The first-order valence-corrected chi connectivity index (χ1v) is 14.5. The Morgan fingerprint density at radius 1 is 0.946 bits per heavy atom. The van der Waals surface area contributed by atoms with E-state index in [9.17, 15) is 19.6 Å². The van der Waals surface area contributed by atoms with E-state index in [1.54, 1.807) is 6.92 Å². The molecule has 0 aromatic rings. The first-order chi connectivity index (χ1) is 17.0. The molecule has 4 fully saturated rings. The molecule has 0 aromatic heterocycles. The lowest BCUT2D eigenvalue weighted by molar-refractivity contribution is -0.215. The van der Waals surface area contributed by atoms with Gasteiger partial charge < -0.3 is 5.32 Å². The second kappa shape index (κ2) is 7.80. The third-order valence-electron chi connectivity index (χ3n) is 12.9. The number of carbonyl (C=O) groups is 3. The van der Waals surface area contributed by atoms with Crippen molar-refractivity contribution in [3.63, 3.8) is 0 Å². The molecule has 5 heteroatoms. The van der Waals surface area contributed by atoms with Crippen molar-refractivity contribution in [2.24, 2.45) is 50.7 Å². The number of carbonyl (C=O) groups excluding carboxylic acids is 3. The zero-order valence-electron chi connectivity index (χ0n) is 24.2. The van der Waals surface area contributed by atoms with Gasteiger partial charge in [0.25, 0.3) is 0 Å². The number of amides is 1. The van der Waals surface area contributed by atoms with Crippen LogP contribution in [0.25, 0.3) is 0 Å². The number of allylic oxidation sites excluding steroid dienone is 2. The van der Waals surface area contributed by atoms with Crippen molar-refractivity contribution >= 4 is 17.5 Å². The third kappa shape index (κ3) is 3.36. The highest BCUT2D eigenvalue weighted by atomic mass is 16.1. The predicted molar refractivity (Wildman–Crippen MR) is 143 cm³/mol. The van der Waals surface area contributed by atoms with E-state index in [4.69, 9.17) is 0 Å². The molecule has 8 unspecified atom stereocenters. The van der Waals surface area contributed by atoms with Crippen molar-refractivity contribution in [2.75, 3.05) is 0 Å². The van der Waals surface area contributed by atoms with E-state index in [0.717, 1.165) is 44.9 Å². The molecule has 5 nitrogen and oxygen atoms in total. The summed E-state index contributed by atoms with van der Waals surface area (Å²) in [5, 5.41) is 13.3. The fraction of sp³-hybridized carbons (Fsp3) is 0.812. The smallest absolute Gasteiger partial charge is 0.217 e. The summed E-state index contributed by atoms with van der Waals surface area (Å²) in [6.07, 6.45) is 9.19. The highest BCUT2D eigenvalue weighted by Crippen LogP contribution is 2.74. The number of Topliss-reactive ketones (excluding diaryl/α,β-unsaturated/α-hetero) is 2. The topological polar surface area (TPSA) is 87.0 Å². The minimum atomic E-state index is -0.614. The highest BCUT2D eigenvalue weighted by molar-refractivity contribution is 6.04. The van der Waals surface area contributed by atoms with Gasteiger partial charge in [-0.25, -0.2) is 0 Å². The molecule has 8 atom stereocenters. The van der Waals surface area contributed by atoms with Gasteiger partial charge in [0.05, 0.1) is 5.57 Å². The Bertz CT molecular complexity index is 1140. The van der Waals surface area contributed by atoms with Gasteiger partial charge in [0.1, 0.15) is 11.9 Å². The molecule has 1 N–H and O–H groups in total. The van der Waals surface area contributed by atoms with Crippen LogP contribution in [0.3, 0.4) is 0 Å². The van der Waals surface area contributed by atoms with Crippen LogP contribution in [0.15, 0.2) is 11.6 Å². The molecule has 0 saturated heterocycles. The maximum absolute atomic E-state index is 14.5. The minimum Gasteiger partial charge on any atom is -0.351 e. The average molecular weight is 507 g/mol. The SMILES string of the molecule is CC(=O)NC12CCC(C)(C)CC1C1C(=O)CC3C4(C)C=C(C#N)C(=O)C(C)(C)C4CCC3(C)C1(C)CC2. The molecule has 5 rings (SSSR count). The van der Waals surface area contributed by atoms with Gasteiger partial charge in [-0.05, 0) is 84.4 Å². The number of ketones is 2. The third-order valence-corrected chi connectivity index (χ3v) is 12.9. The van der Waals surface area contributed by atoms with Crippen LogP contribution in [0.5, 0.6) is 0 Å². The van der Waals surface area contributed by atoms with E-state index in [1.165, 1.54) is 0 Å². The van der Waals surface area contributed by atoms with Gasteiger partial charge in [0, 0.05) is 30.2 Å². The molecule has 0 bridgehead atoms. The van der Waals surface area contributed by atoms with Gasteiger partial charge in [0.15, 0.2) is 5.78 Å².